The van der Waals surface area contributed by atoms with Gasteiger partial charge in [-0.2, -0.15) is 9.78 Å². The predicted octanol–water partition coefficient (Wildman–Crippen LogP) is 2.85. The minimum absolute atomic E-state index is 0.0921. The Hall–Kier alpha value is -2.09. The summed E-state index contributed by atoms with van der Waals surface area (Å²) in [5.41, 5.74) is 6.49. The molecular formula is C19H21Cl2N5O2. The van der Waals surface area contributed by atoms with E-state index in [1.165, 1.54) is 16.9 Å². The number of carbonyl (C=O) groups is 2. The highest BCUT2D eigenvalue weighted by molar-refractivity contribution is 6.34. The van der Waals surface area contributed by atoms with Crippen LogP contribution in [0, 0.1) is 5.41 Å². The van der Waals surface area contributed by atoms with E-state index < -0.39 is 5.91 Å². The van der Waals surface area contributed by atoms with Crippen molar-refractivity contribution in [2.45, 2.75) is 19.4 Å². The van der Waals surface area contributed by atoms with Crippen LogP contribution < -0.4 is 5.73 Å². The van der Waals surface area contributed by atoms with Gasteiger partial charge in [-0.1, -0.05) is 23.2 Å². The fraction of sp³-hybridized carbons (Fsp3) is 0.421. The molecule has 2 fully saturated rings. The van der Waals surface area contributed by atoms with Gasteiger partial charge in [0.25, 0.3) is 5.91 Å². The molecule has 4 rings (SSSR count). The molecule has 2 amide bonds. The lowest BCUT2D eigenvalue weighted by atomic mass is 9.86. The van der Waals surface area contributed by atoms with Gasteiger partial charge in [0.15, 0.2) is 5.69 Å². The van der Waals surface area contributed by atoms with E-state index in [-0.39, 0.29) is 17.1 Å². The van der Waals surface area contributed by atoms with E-state index in [1.807, 2.05) is 12.1 Å². The Bertz CT molecular complexity index is 911. The van der Waals surface area contributed by atoms with Gasteiger partial charge in [0.05, 0.1) is 0 Å². The Morgan fingerprint density at radius 2 is 1.82 bits per heavy atom. The summed E-state index contributed by atoms with van der Waals surface area (Å²) in [4.78, 5) is 28.1. The van der Waals surface area contributed by atoms with Crippen LogP contribution in [0.5, 0.6) is 0 Å². The number of primary amides is 1. The van der Waals surface area contributed by atoms with Gasteiger partial charge < -0.3 is 10.6 Å². The van der Waals surface area contributed by atoms with E-state index >= 15 is 0 Å². The van der Waals surface area contributed by atoms with Crippen molar-refractivity contribution in [3.63, 3.8) is 0 Å². The second-order valence-electron chi connectivity index (χ2n) is 7.70. The highest BCUT2D eigenvalue weighted by Crippen LogP contribution is 2.40. The summed E-state index contributed by atoms with van der Waals surface area (Å²) in [6, 6.07) is 6.86. The first-order chi connectivity index (χ1) is 13.3. The Kier molecular flexibility index (Phi) is 5.07. The number of aromatic nitrogens is 2. The number of rotatable bonds is 3. The highest BCUT2D eigenvalue weighted by atomic mass is 35.5. The van der Waals surface area contributed by atoms with Gasteiger partial charge in [0, 0.05) is 47.8 Å². The molecule has 3 heterocycles. The van der Waals surface area contributed by atoms with Crippen molar-refractivity contribution in [2.75, 3.05) is 26.2 Å². The van der Waals surface area contributed by atoms with Crippen molar-refractivity contribution in [1.82, 2.24) is 19.6 Å². The van der Waals surface area contributed by atoms with Crippen LogP contribution >= 0.6 is 23.2 Å². The minimum Gasteiger partial charge on any atom is -0.364 e. The number of nitrogens with zero attached hydrogens (tertiary/aromatic N) is 4. The van der Waals surface area contributed by atoms with Crippen molar-refractivity contribution < 1.29 is 9.59 Å². The molecule has 2 aromatic rings. The molecule has 7 nitrogen and oxygen atoms in total. The first-order valence-electron chi connectivity index (χ1n) is 9.16. The van der Waals surface area contributed by atoms with Crippen molar-refractivity contribution in [3.8, 4) is 0 Å². The molecule has 0 aliphatic carbocycles. The van der Waals surface area contributed by atoms with Crippen LogP contribution in [0.1, 0.15) is 28.9 Å². The normalized spacial score (nSPS) is 22.3. The molecule has 2 saturated heterocycles. The number of nitrogens with two attached hydrogens (primary N) is 1. The number of likely N-dealkylation sites (tertiary alicyclic amines) is 2. The fourth-order valence-electron chi connectivity index (χ4n) is 4.26. The standard InChI is InChI=1S/C19H21Cl2N5O2/c20-14-7-13(8-15(21)9-14)10-24-5-2-19(11-24)3-6-25(12-19)18(28)26-4-1-16(23-26)17(22)27/h1,4,7-9H,2-3,5-6,10-12H2,(H2,22,27). The zero-order valence-corrected chi connectivity index (χ0v) is 16.8. The van der Waals surface area contributed by atoms with Crippen LogP contribution in [0.4, 0.5) is 4.79 Å². The summed E-state index contributed by atoms with van der Waals surface area (Å²) in [6.45, 7) is 4.05. The monoisotopic (exact) mass is 421 g/mol. The Labute approximate surface area is 173 Å². The Balaban J connectivity index is 1.39. The van der Waals surface area contributed by atoms with E-state index in [9.17, 15) is 9.59 Å². The maximum atomic E-state index is 12.7. The number of benzene rings is 1. The molecule has 148 valence electrons. The van der Waals surface area contributed by atoms with Gasteiger partial charge in [-0.25, -0.2) is 4.79 Å². The quantitative estimate of drug-likeness (QED) is 0.825. The molecule has 0 bridgehead atoms. The average molecular weight is 422 g/mol. The molecule has 28 heavy (non-hydrogen) atoms. The lowest BCUT2D eigenvalue weighted by molar-refractivity contribution is 0.0995. The molecule has 0 saturated carbocycles. The van der Waals surface area contributed by atoms with Gasteiger partial charge in [0.1, 0.15) is 0 Å². The Morgan fingerprint density at radius 1 is 1.11 bits per heavy atom. The first kappa shape index (κ1) is 19.2. The largest absolute Gasteiger partial charge is 0.364 e. The lowest BCUT2D eigenvalue weighted by Gasteiger charge is -2.24. The van der Waals surface area contributed by atoms with Gasteiger partial charge in [-0.3, -0.25) is 9.69 Å². The average Bonchev–Trinajstić information content (AvgIpc) is 3.35. The summed E-state index contributed by atoms with van der Waals surface area (Å²) >= 11 is 12.2. The van der Waals surface area contributed by atoms with Crippen LogP contribution in [0.3, 0.4) is 0 Å². The highest BCUT2D eigenvalue weighted by Gasteiger charge is 2.45. The van der Waals surface area contributed by atoms with Gasteiger partial charge in [-0.05, 0) is 49.2 Å². The van der Waals surface area contributed by atoms with E-state index in [0.717, 1.165) is 38.0 Å². The third-order valence-corrected chi connectivity index (χ3v) is 6.03. The molecule has 9 heteroatoms. The van der Waals surface area contributed by atoms with E-state index in [2.05, 4.69) is 10.00 Å². The predicted molar refractivity (Wildman–Crippen MR) is 107 cm³/mol. The molecule has 1 atom stereocenters. The molecule has 2 aliphatic heterocycles. The van der Waals surface area contributed by atoms with Crippen LogP contribution in [0.15, 0.2) is 30.5 Å². The summed E-state index contributed by atoms with van der Waals surface area (Å²) in [7, 11) is 0. The maximum Gasteiger partial charge on any atom is 0.344 e. The fourth-order valence-corrected chi connectivity index (χ4v) is 4.83. The maximum absolute atomic E-state index is 12.7. The summed E-state index contributed by atoms with van der Waals surface area (Å²) in [5.74, 6) is -0.642. The van der Waals surface area contributed by atoms with Crippen LogP contribution in [-0.2, 0) is 6.54 Å². The third-order valence-electron chi connectivity index (χ3n) is 5.59. The minimum atomic E-state index is -0.642. The van der Waals surface area contributed by atoms with Crippen molar-refractivity contribution >= 4 is 35.1 Å². The van der Waals surface area contributed by atoms with Crippen LogP contribution in [-0.4, -0.2) is 57.7 Å². The third kappa shape index (κ3) is 3.87. The molecule has 1 aromatic heterocycles. The van der Waals surface area contributed by atoms with Crippen molar-refractivity contribution in [2.24, 2.45) is 11.1 Å². The Morgan fingerprint density at radius 3 is 2.50 bits per heavy atom. The molecule has 1 aromatic carbocycles. The topological polar surface area (TPSA) is 84.5 Å². The van der Waals surface area contributed by atoms with Crippen molar-refractivity contribution in [1.29, 1.82) is 0 Å². The summed E-state index contributed by atoms with van der Waals surface area (Å²) in [5, 5.41) is 5.26. The number of carbonyl (C=O) groups excluding carboxylic acids is 2. The summed E-state index contributed by atoms with van der Waals surface area (Å²) in [6.07, 6.45) is 3.48. The molecule has 1 spiro atoms. The van der Waals surface area contributed by atoms with Gasteiger partial charge >= 0.3 is 6.03 Å². The molecular weight excluding hydrogens is 401 g/mol. The SMILES string of the molecule is NC(=O)c1ccn(C(=O)N2CCC3(CCN(Cc4cc(Cl)cc(Cl)c4)C3)C2)n1. The first-order valence-corrected chi connectivity index (χ1v) is 9.91. The van der Waals surface area contributed by atoms with E-state index in [0.29, 0.717) is 23.1 Å². The second kappa shape index (κ2) is 7.39. The van der Waals surface area contributed by atoms with Gasteiger partial charge in [-0.15, -0.1) is 0 Å². The van der Waals surface area contributed by atoms with Crippen molar-refractivity contribution in [3.05, 3.63) is 51.8 Å². The molecule has 2 aliphatic rings. The number of hydrogen-bond acceptors (Lipinski definition) is 4. The molecule has 2 N–H and O–H groups in total. The summed E-state index contributed by atoms with van der Waals surface area (Å²) < 4.78 is 1.19. The smallest absolute Gasteiger partial charge is 0.344 e. The number of amides is 2. The zero-order chi connectivity index (χ0) is 19.9. The van der Waals surface area contributed by atoms with Gasteiger partial charge in [0.2, 0.25) is 0 Å². The lowest BCUT2D eigenvalue weighted by Crippen LogP contribution is -2.36. The second-order valence-corrected chi connectivity index (χ2v) is 8.58. The number of hydrogen-bond donors (Lipinski definition) is 1. The molecule has 1 unspecified atom stereocenters. The van der Waals surface area contributed by atoms with Crippen LogP contribution in [0.2, 0.25) is 10.0 Å². The zero-order valence-electron chi connectivity index (χ0n) is 15.3. The van der Waals surface area contributed by atoms with Crippen LogP contribution in [0.25, 0.3) is 0 Å². The molecule has 0 radical (unpaired) electrons. The van der Waals surface area contributed by atoms with E-state index in [4.69, 9.17) is 28.9 Å². The number of halogens is 2. The van der Waals surface area contributed by atoms with E-state index in [1.54, 1.807) is 11.0 Å².